The number of ether oxygens (including phenoxy) is 4. The fraction of sp³-hybridized carbons (Fsp3) is 0.600. The van der Waals surface area contributed by atoms with Gasteiger partial charge in [0.25, 0.3) is 0 Å². The van der Waals surface area contributed by atoms with Gasteiger partial charge in [-0.3, -0.25) is 0 Å². The highest BCUT2D eigenvalue weighted by Crippen LogP contribution is 2.59. The van der Waals surface area contributed by atoms with Crippen molar-refractivity contribution in [3.8, 4) is 0 Å². The molecule has 8 heteroatoms. The summed E-state index contributed by atoms with van der Waals surface area (Å²) in [5.41, 5.74) is 1.60. The Labute approximate surface area is 194 Å². The lowest BCUT2D eigenvalue weighted by atomic mass is 9.68. The standard InChI is InChI=1S/C25H33NO7/c1-15(2)5-10-19-24(3,33-19)21-20(30-4)18(11-12-25(21)14-31-25)32-23(29)26-13-16-6-8-17(9-7-16)22(27)28/h5-9,18-21H,10-14H2,1-4H3,(H,26,29)(H,27,28)/t18-,19-,20-,21-,24-,25+/m1/s1. The summed E-state index contributed by atoms with van der Waals surface area (Å²) in [4.78, 5) is 23.5. The van der Waals surface area contributed by atoms with Gasteiger partial charge in [0.05, 0.1) is 24.2 Å². The van der Waals surface area contributed by atoms with Gasteiger partial charge < -0.3 is 29.4 Å². The number of carbonyl (C=O) groups is 2. The summed E-state index contributed by atoms with van der Waals surface area (Å²) in [7, 11) is 1.65. The third kappa shape index (κ3) is 4.93. The van der Waals surface area contributed by atoms with E-state index in [1.807, 2.05) is 0 Å². The average molecular weight is 460 g/mol. The number of benzene rings is 1. The van der Waals surface area contributed by atoms with E-state index in [4.69, 9.17) is 24.1 Å². The van der Waals surface area contributed by atoms with Crippen LogP contribution in [-0.4, -0.2) is 60.4 Å². The molecule has 2 saturated heterocycles. The molecule has 180 valence electrons. The molecule has 2 N–H and O–H groups in total. The minimum atomic E-state index is -0.986. The molecule has 33 heavy (non-hydrogen) atoms. The number of nitrogens with one attached hydrogen (secondary N) is 1. The first-order valence-electron chi connectivity index (χ1n) is 11.4. The lowest BCUT2D eigenvalue weighted by molar-refractivity contribution is -0.118. The molecule has 3 aliphatic rings. The summed E-state index contributed by atoms with van der Waals surface area (Å²) in [5, 5.41) is 11.7. The molecule has 3 fully saturated rings. The van der Waals surface area contributed by atoms with E-state index in [2.05, 4.69) is 32.2 Å². The predicted octanol–water partition coefficient (Wildman–Crippen LogP) is 3.69. The van der Waals surface area contributed by atoms with Gasteiger partial charge >= 0.3 is 12.1 Å². The summed E-state index contributed by atoms with van der Waals surface area (Å²) in [5.74, 6) is -1.01. The number of methoxy groups -OCH3 is 1. The number of carbonyl (C=O) groups excluding carboxylic acids is 1. The lowest BCUT2D eigenvalue weighted by Gasteiger charge is -2.42. The normalized spacial score (nSPS) is 34.4. The van der Waals surface area contributed by atoms with E-state index in [0.29, 0.717) is 13.0 Å². The van der Waals surface area contributed by atoms with Crippen molar-refractivity contribution < 1.29 is 33.6 Å². The zero-order chi connectivity index (χ0) is 23.8. The van der Waals surface area contributed by atoms with Crippen molar-refractivity contribution in [2.45, 2.75) is 76.1 Å². The van der Waals surface area contributed by atoms with Crippen LogP contribution in [0.2, 0.25) is 0 Å². The highest BCUT2D eigenvalue weighted by Gasteiger charge is 2.72. The summed E-state index contributed by atoms with van der Waals surface area (Å²) >= 11 is 0. The monoisotopic (exact) mass is 459 g/mol. The van der Waals surface area contributed by atoms with Crippen molar-refractivity contribution in [1.29, 1.82) is 0 Å². The number of amides is 1. The molecule has 0 radical (unpaired) electrons. The van der Waals surface area contributed by atoms with Crippen molar-refractivity contribution in [1.82, 2.24) is 5.32 Å². The number of epoxide rings is 2. The second-order valence-electron chi connectivity index (χ2n) is 9.68. The van der Waals surface area contributed by atoms with Crippen LogP contribution in [0.4, 0.5) is 4.79 Å². The number of carboxylic acid groups (broad SMARTS) is 1. The number of carboxylic acids is 1. The number of allylic oxidation sites excluding steroid dienone is 1. The molecule has 6 atom stereocenters. The van der Waals surface area contributed by atoms with Crippen molar-refractivity contribution >= 4 is 12.1 Å². The largest absolute Gasteiger partial charge is 0.478 e. The van der Waals surface area contributed by atoms with Gasteiger partial charge in [-0.25, -0.2) is 9.59 Å². The van der Waals surface area contributed by atoms with E-state index in [1.54, 1.807) is 19.2 Å². The molecule has 1 aliphatic carbocycles. The molecule has 4 rings (SSSR count). The van der Waals surface area contributed by atoms with Crippen molar-refractivity contribution in [3.05, 3.63) is 47.0 Å². The summed E-state index contributed by atoms with van der Waals surface area (Å²) in [6.07, 6.45) is 3.30. The smallest absolute Gasteiger partial charge is 0.407 e. The van der Waals surface area contributed by atoms with Crippen molar-refractivity contribution in [2.75, 3.05) is 13.7 Å². The van der Waals surface area contributed by atoms with Gasteiger partial charge in [-0.05, 0) is 57.7 Å². The van der Waals surface area contributed by atoms with E-state index in [9.17, 15) is 9.59 Å². The van der Waals surface area contributed by atoms with Crippen molar-refractivity contribution in [3.63, 3.8) is 0 Å². The molecule has 2 heterocycles. The molecule has 0 aromatic heterocycles. The molecule has 1 aromatic rings. The average Bonchev–Trinajstić information content (AvgIpc) is 3.69. The molecule has 1 spiro atoms. The lowest BCUT2D eigenvalue weighted by Crippen LogP contribution is -2.56. The maximum atomic E-state index is 12.6. The Morgan fingerprint density at radius 3 is 2.55 bits per heavy atom. The molecule has 0 bridgehead atoms. The van der Waals surface area contributed by atoms with E-state index < -0.39 is 18.2 Å². The van der Waals surface area contributed by atoms with Crippen LogP contribution < -0.4 is 5.32 Å². The summed E-state index contributed by atoms with van der Waals surface area (Å²) in [6, 6.07) is 6.36. The quantitative estimate of drug-likeness (QED) is 0.451. The van der Waals surface area contributed by atoms with Crippen LogP contribution in [0.3, 0.4) is 0 Å². The molecule has 1 saturated carbocycles. The first kappa shape index (κ1) is 23.7. The molecule has 2 aliphatic heterocycles. The maximum Gasteiger partial charge on any atom is 0.407 e. The number of aromatic carboxylic acids is 1. The van der Waals surface area contributed by atoms with Crippen LogP contribution in [0.25, 0.3) is 0 Å². The van der Waals surface area contributed by atoms with Crippen LogP contribution in [0.5, 0.6) is 0 Å². The zero-order valence-electron chi connectivity index (χ0n) is 19.6. The molecule has 1 amide bonds. The third-order valence-electron chi connectivity index (χ3n) is 7.13. The third-order valence-corrected chi connectivity index (χ3v) is 7.13. The van der Waals surface area contributed by atoms with E-state index in [-0.39, 0.29) is 41.4 Å². The topological polar surface area (TPSA) is 110 Å². The first-order chi connectivity index (χ1) is 15.7. The molecule has 0 unspecified atom stereocenters. The summed E-state index contributed by atoms with van der Waals surface area (Å²) in [6.45, 7) is 7.18. The minimum absolute atomic E-state index is 0.0272. The second-order valence-corrected chi connectivity index (χ2v) is 9.68. The predicted molar refractivity (Wildman–Crippen MR) is 120 cm³/mol. The van der Waals surface area contributed by atoms with Gasteiger partial charge in [-0.1, -0.05) is 23.8 Å². The van der Waals surface area contributed by atoms with Gasteiger partial charge in [0.1, 0.15) is 23.4 Å². The van der Waals surface area contributed by atoms with Crippen LogP contribution in [0.15, 0.2) is 35.9 Å². The highest BCUT2D eigenvalue weighted by atomic mass is 16.6. The fourth-order valence-electron chi connectivity index (χ4n) is 5.19. The van der Waals surface area contributed by atoms with Gasteiger partial charge in [0.15, 0.2) is 0 Å². The number of hydrogen-bond donors (Lipinski definition) is 2. The second kappa shape index (κ2) is 9.08. The molecule has 1 aromatic carbocycles. The Kier molecular flexibility index (Phi) is 6.53. The Balaban J connectivity index is 1.38. The van der Waals surface area contributed by atoms with E-state index >= 15 is 0 Å². The fourth-order valence-corrected chi connectivity index (χ4v) is 5.19. The van der Waals surface area contributed by atoms with Crippen LogP contribution in [-0.2, 0) is 25.5 Å². The SMILES string of the molecule is CO[C@@H]1[C@H](OC(=O)NCc2ccc(C(=O)O)cc2)CC[C@]2(CO2)[C@H]1[C@]1(C)O[C@@H]1CC=C(C)C. The Bertz CT molecular complexity index is 919. The van der Waals surface area contributed by atoms with Gasteiger partial charge in [-0.2, -0.15) is 0 Å². The Morgan fingerprint density at radius 1 is 1.27 bits per heavy atom. The minimum Gasteiger partial charge on any atom is -0.478 e. The van der Waals surface area contributed by atoms with Crippen LogP contribution >= 0.6 is 0 Å². The number of rotatable bonds is 8. The molecular formula is C25H33NO7. The number of hydrogen-bond acceptors (Lipinski definition) is 6. The van der Waals surface area contributed by atoms with Gasteiger partial charge in [-0.15, -0.1) is 0 Å². The van der Waals surface area contributed by atoms with E-state index in [0.717, 1.165) is 18.4 Å². The maximum absolute atomic E-state index is 12.6. The Morgan fingerprint density at radius 2 is 1.97 bits per heavy atom. The van der Waals surface area contributed by atoms with Crippen LogP contribution in [0, 0.1) is 5.92 Å². The van der Waals surface area contributed by atoms with Gasteiger partial charge in [0, 0.05) is 13.7 Å². The molecule has 8 nitrogen and oxygen atoms in total. The molecular weight excluding hydrogens is 426 g/mol. The Hall–Kier alpha value is -2.42. The summed E-state index contributed by atoms with van der Waals surface area (Å²) < 4.78 is 23.8. The highest BCUT2D eigenvalue weighted by molar-refractivity contribution is 5.87. The van der Waals surface area contributed by atoms with Gasteiger partial charge in [0.2, 0.25) is 0 Å². The van der Waals surface area contributed by atoms with Crippen molar-refractivity contribution in [2.24, 2.45) is 5.92 Å². The van der Waals surface area contributed by atoms with E-state index in [1.165, 1.54) is 17.7 Å². The zero-order valence-corrected chi connectivity index (χ0v) is 19.6. The number of alkyl carbamates (subject to hydrolysis) is 1. The van der Waals surface area contributed by atoms with Crippen LogP contribution in [0.1, 0.15) is 56.0 Å². The first-order valence-corrected chi connectivity index (χ1v) is 11.4.